The Morgan fingerprint density at radius 1 is 1.18 bits per heavy atom. The molecule has 192 valence electrons. The average Bonchev–Trinajstić information content (AvgIpc) is 3.60. The Morgan fingerprint density at radius 3 is 2.66 bits per heavy atom. The summed E-state index contributed by atoms with van der Waals surface area (Å²) >= 11 is 0. The average molecular weight is 509 g/mol. The van der Waals surface area contributed by atoms with Crippen molar-refractivity contribution in [1.29, 1.82) is 0 Å². The molecule has 1 saturated heterocycles. The smallest absolute Gasteiger partial charge is 0.302 e. The first-order valence-corrected chi connectivity index (χ1v) is 12.5. The van der Waals surface area contributed by atoms with E-state index in [0.29, 0.717) is 23.3 Å². The minimum atomic E-state index is -0.986. The molecule has 0 saturated carbocycles. The number of hydrogen-bond acceptors (Lipinski definition) is 3. The number of aromatic amines is 1. The highest BCUT2D eigenvalue weighted by Gasteiger charge is 2.59. The number of nitrogens with one attached hydrogen (secondary N) is 2. The van der Waals surface area contributed by atoms with Gasteiger partial charge in [0.25, 0.3) is 11.8 Å². The van der Waals surface area contributed by atoms with Gasteiger partial charge in [-0.05, 0) is 35.4 Å². The number of likely N-dealkylation sites (tertiary alicyclic amines) is 1. The topological polar surface area (TPSA) is 94.2 Å². The Kier molecular flexibility index (Phi) is 6.16. The van der Waals surface area contributed by atoms with E-state index in [-0.39, 0.29) is 42.3 Å². The van der Waals surface area contributed by atoms with Crippen molar-refractivity contribution in [2.24, 2.45) is 5.92 Å². The highest BCUT2D eigenvalue weighted by Crippen LogP contribution is 2.47. The molecule has 1 spiro atoms. The van der Waals surface area contributed by atoms with Gasteiger partial charge in [0.1, 0.15) is 17.2 Å². The molecule has 2 aliphatic heterocycles. The molecule has 9 nitrogen and oxygen atoms in total. The molecule has 9 heteroatoms. The Morgan fingerprint density at radius 2 is 1.95 bits per heavy atom. The first-order chi connectivity index (χ1) is 18.2. The maximum atomic E-state index is 14.1. The molecule has 3 amide bonds. The summed E-state index contributed by atoms with van der Waals surface area (Å²) < 4.78 is 0. The molecule has 3 aromatic rings. The van der Waals surface area contributed by atoms with Gasteiger partial charge in [0, 0.05) is 19.3 Å². The van der Waals surface area contributed by atoms with Crippen LogP contribution in [0.1, 0.15) is 42.7 Å². The summed E-state index contributed by atoms with van der Waals surface area (Å²) in [5.74, 6) is -0.841. The zero-order valence-corrected chi connectivity index (χ0v) is 21.5. The maximum absolute atomic E-state index is 14.1. The van der Waals surface area contributed by atoms with Gasteiger partial charge in [0.2, 0.25) is 11.6 Å². The molecule has 0 unspecified atom stereocenters. The number of aromatic nitrogens is 1. The van der Waals surface area contributed by atoms with Crippen molar-refractivity contribution in [1.82, 2.24) is 14.8 Å². The van der Waals surface area contributed by atoms with Crippen LogP contribution in [0.25, 0.3) is 20.6 Å². The molecule has 0 aliphatic carbocycles. The third-order valence-electron chi connectivity index (χ3n) is 7.64. The largest absolute Gasteiger partial charge is 0.360 e. The molecule has 0 radical (unpaired) electrons. The normalized spacial score (nSPS) is 20.7. The Balaban J connectivity index is 1.47. The van der Waals surface area contributed by atoms with Gasteiger partial charge in [-0.1, -0.05) is 50.2 Å². The fourth-order valence-electron chi connectivity index (χ4n) is 5.70. The molecular weight excluding hydrogens is 480 g/mol. The minimum Gasteiger partial charge on any atom is -0.360 e. The van der Waals surface area contributed by atoms with Gasteiger partial charge in [-0.3, -0.25) is 24.1 Å². The number of amides is 3. The summed E-state index contributed by atoms with van der Waals surface area (Å²) in [6.45, 7) is 19.2. The van der Waals surface area contributed by atoms with Gasteiger partial charge < -0.3 is 15.2 Å². The van der Waals surface area contributed by atoms with Crippen molar-refractivity contribution in [2.75, 3.05) is 18.9 Å². The number of carbonyl (C=O) groups excluding carboxylic acids is 3. The van der Waals surface area contributed by atoms with Crippen LogP contribution in [0, 0.1) is 19.1 Å². The van der Waals surface area contributed by atoms with Crippen LogP contribution in [-0.2, 0) is 15.0 Å². The van der Waals surface area contributed by atoms with Crippen molar-refractivity contribution >= 4 is 40.0 Å². The van der Waals surface area contributed by atoms with E-state index in [2.05, 4.69) is 20.0 Å². The number of likely N-dealkylation sites (N-methyl/N-ethyl adjacent to an activating group) is 1. The molecule has 1 aromatic heterocycles. The molecule has 1 fully saturated rings. The molecule has 3 atom stereocenters. The van der Waals surface area contributed by atoms with E-state index in [4.69, 9.17) is 13.1 Å². The van der Waals surface area contributed by atoms with Gasteiger partial charge in [-0.2, -0.15) is 0 Å². The van der Waals surface area contributed by atoms with Crippen LogP contribution in [0.2, 0.25) is 0 Å². The monoisotopic (exact) mass is 508 g/mol. The molecule has 2 N–H and O–H groups in total. The van der Waals surface area contributed by atoms with Crippen molar-refractivity contribution in [3.63, 3.8) is 0 Å². The van der Waals surface area contributed by atoms with Crippen LogP contribution in [0.15, 0.2) is 48.5 Å². The Labute approximate surface area is 221 Å². The van der Waals surface area contributed by atoms with E-state index in [9.17, 15) is 14.4 Å². The second-order valence-electron chi connectivity index (χ2n) is 10.5. The van der Waals surface area contributed by atoms with Crippen LogP contribution in [0.3, 0.4) is 0 Å². The van der Waals surface area contributed by atoms with Crippen molar-refractivity contribution in [3.8, 4) is 0 Å². The van der Waals surface area contributed by atoms with Crippen molar-refractivity contribution in [3.05, 3.63) is 82.6 Å². The van der Waals surface area contributed by atoms with E-state index in [0.717, 1.165) is 10.9 Å². The quantitative estimate of drug-likeness (QED) is 0.494. The van der Waals surface area contributed by atoms with Crippen molar-refractivity contribution in [2.45, 2.75) is 44.3 Å². The molecule has 2 aliphatic rings. The van der Waals surface area contributed by atoms with Crippen LogP contribution in [-0.4, -0.2) is 58.3 Å². The van der Waals surface area contributed by atoms with Gasteiger partial charge >= 0.3 is 6.17 Å². The standard InChI is InChI=1S/C29H28N6O3/c1-17(2)13-23(34(5)26(36)22-14-18-9-8-12-21(30-3)25(18)32-22)27(37)35-16-29(15-24(35)31-4)19-10-6-7-11-20(19)33-28(29)38/h6-12,14,17,23-24,32H,13,15-16H2,1-2,5H3,(H,33,38)/t23-,24-,29-/m0/s1. The number of fused-ring (bicyclic) bond motifs is 3. The SMILES string of the molecule is [C-]#[N+]c1cccc2cc(C(=O)N(C)[C@@H](CC(C)C)C(=O)N3C[C@]4(C[C@H]3[N+]#[C-])C(=O)Nc3ccccc34)[nH]c12. The van der Waals surface area contributed by atoms with Crippen LogP contribution >= 0.6 is 0 Å². The van der Waals surface area contributed by atoms with E-state index >= 15 is 0 Å². The number of para-hydroxylation sites is 2. The third-order valence-corrected chi connectivity index (χ3v) is 7.64. The third kappa shape index (κ3) is 3.88. The molecular formula is C29H28N6O3. The lowest BCUT2D eigenvalue weighted by molar-refractivity contribution is -0.136. The zero-order chi connectivity index (χ0) is 27.2. The second kappa shape index (κ2) is 9.35. The van der Waals surface area contributed by atoms with Gasteiger partial charge in [-0.15, -0.1) is 0 Å². The fraction of sp³-hybridized carbons (Fsp3) is 0.345. The van der Waals surface area contributed by atoms with Crippen LogP contribution in [0.4, 0.5) is 11.4 Å². The Hall–Kier alpha value is -4.63. The maximum Gasteiger partial charge on any atom is 0.302 e. The summed E-state index contributed by atoms with van der Waals surface area (Å²) in [6, 6.07) is 13.5. The van der Waals surface area contributed by atoms with Crippen LogP contribution in [0.5, 0.6) is 0 Å². The fourth-order valence-corrected chi connectivity index (χ4v) is 5.70. The molecule has 0 bridgehead atoms. The van der Waals surface area contributed by atoms with E-state index < -0.39 is 17.6 Å². The lowest BCUT2D eigenvalue weighted by Gasteiger charge is -2.32. The lowest BCUT2D eigenvalue weighted by atomic mass is 9.80. The summed E-state index contributed by atoms with van der Waals surface area (Å²) in [7, 11) is 1.59. The zero-order valence-electron chi connectivity index (χ0n) is 21.5. The number of hydrogen-bond donors (Lipinski definition) is 2. The first kappa shape index (κ1) is 25.0. The lowest BCUT2D eigenvalue weighted by Crippen LogP contribution is -2.51. The predicted molar refractivity (Wildman–Crippen MR) is 143 cm³/mol. The number of nitrogens with zero attached hydrogens (tertiary/aromatic N) is 4. The number of benzene rings is 2. The van der Waals surface area contributed by atoms with Crippen LogP contribution < -0.4 is 5.32 Å². The highest BCUT2D eigenvalue weighted by atomic mass is 16.2. The van der Waals surface area contributed by atoms with E-state index in [1.54, 1.807) is 25.2 Å². The highest BCUT2D eigenvalue weighted by molar-refractivity contribution is 6.07. The second-order valence-corrected chi connectivity index (χ2v) is 10.5. The van der Waals surface area contributed by atoms with Gasteiger partial charge in [0.05, 0.1) is 18.5 Å². The van der Waals surface area contributed by atoms with Crippen molar-refractivity contribution < 1.29 is 14.4 Å². The molecule has 2 aromatic carbocycles. The predicted octanol–water partition coefficient (Wildman–Crippen LogP) is 4.57. The van der Waals surface area contributed by atoms with E-state index in [1.165, 1.54) is 9.80 Å². The summed E-state index contributed by atoms with van der Waals surface area (Å²) in [5.41, 5.74) is 1.79. The molecule has 38 heavy (non-hydrogen) atoms. The number of H-pyrrole nitrogens is 1. The summed E-state index contributed by atoms with van der Waals surface area (Å²) in [6.07, 6.45) is -0.212. The van der Waals surface area contributed by atoms with Gasteiger partial charge in [0.15, 0.2) is 0 Å². The number of carbonyl (C=O) groups is 3. The summed E-state index contributed by atoms with van der Waals surface area (Å²) in [5, 5.41) is 3.65. The Bertz CT molecular complexity index is 1540. The summed E-state index contributed by atoms with van der Waals surface area (Å²) in [4.78, 5) is 54.0. The number of rotatable bonds is 5. The minimum absolute atomic E-state index is 0.0824. The molecule has 3 heterocycles. The molecule has 5 rings (SSSR count). The number of anilines is 1. The first-order valence-electron chi connectivity index (χ1n) is 12.5. The van der Waals surface area contributed by atoms with Gasteiger partial charge in [-0.25, -0.2) is 11.4 Å². The van der Waals surface area contributed by atoms with E-state index in [1.807, 2.05) is 44.2 Å².